The Bertz CT molecular complexity index is 952. The van der Waals surface area contributed by atoms with Gasteiger partial charge in [-0.05, 0) is 31.2 Å². The summed E-state index contributed by atoms with van der Waals surface area (Å²) >= 11 is 5.99. The van der Waals surface area contributed by atoms with E-state index in [9.17, 15) is 9.59 Å². The van der Waals surface area contributed by atoms with E-state index in [4.69, 9.17) is 11.6 Å². The van der Waals surface area contributed by atoms with Gasteiger partial charge in [-0.2, -0.15) is 0 Å². The van der Waals surface area contributed by atoms with Gasteiger partial charge in [0.25, 0.3) is 5.56 Å². The van der Waals surface area contributed by atoms with Crippen molar-refractivity contribution in [3.63, 3.8) is 0 Å². The number of rotatable bonds is 2. The molecule has 0 unspecified atom stereocenters. The Hall–Kier alpha value is -2.86. The largest absolute Gasteiger partial charge is 0.323 e. The van der Waals surface area contributed by atoms with Crippen LogP contribution in [0.4, 0.5) is 16.2 Å². The Morgan fingerprint density at radius 1 is 1.13 bits per heavy atom. The molecule has 23 heavy (non-hydrogen) atoms. The molecule has 116 valence electrons. The van der Waals surface area contributed by atoms with Crippen molar-refractivity contribution in [1.82, 2.24) is 9.38 Å². The average molecular weight is 329 g/mol. The number of pyridine rings is 1. The van der Waals surface area contributed by atoms with Crippen LogP contribution in [-0.4, -0.2) is 15.4 Å². The Morgan fingerprint density at radius 3 is 2.65 bits per heavy atom. The van der Waals surface area contributed by atoms with Crippen molar-refractivity contribution in [3.05, 3.63) is 69.7 Å². The van der Waals surface area contributed by atoms with Gasteiger partial charge in [0, 0.05) is 6.20 Å². The first-order chi connectivity index (χ1) is 11.1. The first-order valence-corrected chi connectivity index (χ1v) is 7.24. The summed E-state index contributed by atoms with van der Waals surface area (Å²) in [5.74, 6) is 0. The molecule has 2 heterocycles. The average Bonchev–Trinajstić information content (AvgIpc) is 2.54. The third kappa shape index (κ3) is 3.02. The van der Waals surface area contributed by atoms with E-state index in [0.29, 0.717) is 22.1 Å². The number of hydrogen-bond donors (Lipinski definition) is 2. The van der Waals surface area contributed by atoms with Crippen LogP contribution >= 0.6 is 11.6 Å². The van der Waals surface area contributed by atoms with Crippen molar-refractivity contribution in [1.29, 1.82) is 0 Å². The van der Waals surface area contributed by atoms with Gasteiger partial charge in [0.15, 0.2) is 0 Å². The fourth-order valence-corrected chi connectivity index (χ4v) is 2.36. The predicted molar refractivity (Wildman–Crippen MR) is 90.3 cm³/mol. The maximum absolute atomic E-state index is 12.5. The number of aryl methyl sites for hydroxylation is 1. The Kier molecular flexibility index (Phi) is 3.99. The number of amides is 2. The van der Waals surface area contributed by atoms with E-state index in [1.54, 1.807) is 55.6 Å². The van der Waals surface area contributed by atoms with Crippen LogP contribution in [0.5, 0.6) is 0 Å². The fourth-order valence-electron chi connectivity index (χ4n) is 2.17. The lowest BCUT2D eigenvalue weighted by molar-refractivity contribution is 0.262. The number of carbonyl (C=O) groups excluding carboxylic acids is 1. The summed E-state index contributed by atoms with van der Waals surface area (Å²) in [4.78, 5) is 28.9. The SMILES string of the molecule is Cc1nc2ccccn2c(=O)c1NC(=O)Nc1ccccc1Cl. The zero-order valence-electron chi connectivity index (χ0n) is 12.2. The molecule has 2 amide bonds. The van der Waals surface area contributed by atoms with E-state index in [2.05, 4.69) is 15.6 Å². The predicted octanol–water partition coefficient (Wildman–Crippen LogP) is 3.30. The first-order valence-electron chi connectivity index (χ1n) is 6.87. The highest BCUT2D eigenvalue weighted by atomic mass is 35.5. The molecule has 0 bridgehead atoms. The molecule has 0 aliphatic heterocycles. The van der Waals surface area contributed by atoms with Crippen molar-refractivity contribution in [2.75, 3.05) is 10.6 Å². The normalized spacial score (nSPS) is 10.5. The van der Waals surface area contributed by atoms with Gasteiger partial charge in [-0.3, -0.25) is 9.20 Å². The minimum atomic E-state index is -0.559. The van der Waals surface area contributed by atoms with Gasteiger partial charge in [-0.15, -0.1) is 0 Å². The van der Waals surface area contributed by atoms with Crippen molar-refractivity contribution < 1.29 is 4.79 Å². The minimum absolute atomic E-state index is 0.123. The van der Waals surface area contributed by atoms with Gasteiger partial charge in [0.1, 0.15) is 11.3 Å². The molecule has 2 aromatic heterocycles. The van der Waals surface area contributed by atoms with Gasteiger partial charge >= 0.3 is 6.03 Å². The van der Waals surface area contributed by atoms with Crippen LogP contribution in [0.3, 0.4) is 0 Å². The Labute approximate surface area is 136 Å². The molecule has 7 heteroatoms. The summed E-state index contributed by atoms with van der Waals surface area (Å²) in [6.45, 7) is 1.67. The maximum atomic E-state index is 12.5. The number of anilines is 2. The minimum Gasteiger partial charge on any atom is -0.306 e. The lowest BCUT2D eigenvalue weighted by Crippen LogP contribution is -2.27. The fraction of sp³-hybridized carbons (Fsp3) is 0.0625. The maximum Gasteiger partial charge on any atom is 0.323 e. The van der Waals surface area contributed by atoms with E-state index in [0.717, 1.165) is 0 Å². The molecule has 2 N–H and O–H groups in total. The summed E-state index contributed by atoms with van der Waals surface area (Å²) in [5.41, 5.74) is 1.20. The number of hydrogen-bond acceptors (Lipinski definition) is 3. The quantitative estimate of drug-likeness (QED) is 0.758. The highest BCUT2D eigenvalue weighted by molar-refractivity contribution is 6.33. The Morgan fingerprint density at radius 2 is 1.87 bits per heavy atom. The van der Waals surface area contributed by atoms with E-state index in [-0.39, 0.29) is 11.2 Å². The number of aromatic nitrogens is 2. The van der Waals surface area contributed by atoms with Gasteiger partial charge in [-0.1, -0.05) is 29.8 Å². The third-order valence-corrected chi connectivity index (χ3v) is 3.61. The number of benzene rings is 1. The van der Waals surface area contributed by atoms with Crippen molar-refractivity contribution in [3.8, 4) is 0 Å². The summed E-state index contributed by atoms with van der Waals surface area (Å²) in [6.07, 6.45) is 1.60. The van der Waals surface area contributed by atoms with Crippen LogP contribution in [0.2, 0.25) is 5.02 Å². The van der Waals surface area contributed by atoms with Gasteiger partial charge < -0.3 is 10.6 Å². The molecule has 0 atom stereocenters. The van der Waals surface area contributed by atoms with E-state index in [1.165, 1.54) is 4.40 Å². The highest BCUT2D eigenvalue weighted by Gasteiger charge is 2.13. The number of urea groups is 1. The van der Waals surface area contributed by atoms with Crippen LogP contribution in [0.15, 0.2) is 53.5 Å². The summed E-state index contributed by atoms with van der Waals surface area (Å²) < 4.78 is 1.37. The molecular weight excluding hydrogens is 316 g/mol. The topological polar surface area (TPSA) is 75.5 Å². The van der Waals surface area contributed by atoms with Crippen molar-refractivity contribution >= 4 is 34.7 Å². The van der Waals surface area contributed by atoms with E-state index < -0.39 is 6.03 Å². The molecule has 0 spiro atoms. The summed E-state index contributed by atoms with van der Waals surface area (Å²) in [6, 6.07) is 11.5. The molecule has 0 saturated carbocycles. The monoisotopic (exact) mass is 328 g/mol. The number of carbonyl (C=O) groups is 1. The second-order valence-electron chi connectivity index (χ2n) is 4.87. The van der Waals surface area contributed by atoms with E-state index in [1.807, 2.05) is 0 Å². The van der Waals surface area contributed by atoms with Crippen LogP contribution in [0.25, 0.3) is 5.65 Å². The van der Waals surface area contributed by atoms with E-state index >= 15 is 0 Å². The van der Waals surface area contributed by atoms with Gasteiger partial charge in [-0.25, -0.2) is 9.78 Å². The second-order valence-corrected chi connectivity index (χ2v) is 5.27. The standard InChI is InChI=1S/C16H13ClN4O2/c1-10-14(15(22)21-9-5-4-8-13(21)18-10)20-16(23)19-12-7-3-2-6-11(12)17/h2-9H,1H3,(H2,19,20,23). The second kappa shape index (κ2) is 6.10. The molecule has 0 radical (unpaired) electrons. The molecule has 1 aromatic carbocycles. The van der Waals surface area contributed by atoms with Crippen molar-refractivity contribution in [2.45, 2.75) is 6.92 Å². The van der Waals surface area contributed by atoms with Crippen LogP contribution in [0, 0.1) is 6.92 Å². The molecule has 6 nitrogen and oxygen atoms in total. The molecule has 3 aromatic rings. The summed E-state index contributed by atoms with van der Waals surface area (Å²) in [5, 5.41) is 5.56. The van der Waals surface area contributed by atoms with Gasteiger partial charge in [0.2, 0.25) is 0 Å². The highest BCUT2D eigenvalue weighted by Crippen LogP contribution is 2.20. The summed E-state index contributed by atoms with van der Waals surface area (Å²) in [7, 11) is 0. The molecule has 3 rings (SSSR count). The lowest BCUT2D eigenvalue weighted by atomic mass is 10.3. The molecule has 0 fully saturated rings. The zero-order valence-corrected chi connectivity index (χ0v) is 13.0. The number of nitrogens with one attached hydrogen (secondary N) is 2. The van der Waals surface area contributed by atoms with Crippen LogP contribution in [0.1, 0.15) is 5.69 Å². The number of nitrogens with zero attached hydrogens (tertiary/aromatic N) is 2. The third-order valence-electron chi connectivity index (χ3n) is 3.28. The first kappa shape index (κ1) is 15.1. The molecular formula is C16H13ClN4O2. The number of fused-ring (bicyclic) bond motifs is 1. The smallest absolute Gasteiger partial charge is 0.306 e. The molecule has 0 aliphatic carbocycles. The van der Waals surface area contributed by atoms with Crippen molar-refractivity contribution in [2.24, 2.45) is 0 Å². The van der Waals surface area contributed by atoms with Crippen LogP contribution in [-0.2, 0) is 0 Å². The Balaban J connectivity index is 1.91. The number of para-hydroxylation sites is 1. The molecule has 0 aliphatic rings. The van der Waals surface area contributed by atoms with Gasteiger partial charge in [0.05, 0.1) is 16.4 Å². The number of halogens is 1. The molecule has 0 saturated heterocycles. The zero-order chi connectivity index (χ0) is 16.4. The van der Waals surface area contributed by atoms with Crippen LogP contribution < -0.4 is 16.2 Å². The lowest BCUT2D eigenvalue weighted by Gasteiger charge is -2.11.